The van der Waals surface area contributed by atoms with E-state index in [2.05, 4.69) is 10.6 Å². The van der Waals surface area contributed by atoms with E-state index >= 15 is 0 Å². The van der Waals surface area contributed by atoms with E-state index in [-0.39, 0.29) is 29.0 Å². The largest absolute Gasteiger partial charge is 0.375 e. The van der Waals surface area contributed by atoms with Crippen LogP contribution in [0.3, 0.4) is 0 Å². The molecule has 8 heteroatoms. The number of hydrogen-bond acceptors (Lipinski definition) is 5. The van der Waals surface area contributed by atoms with Crippen molar-refractivity contribution < 1.29 is 17.9 Å². The van der Waals surface area contributed by atoms with Crippen molar-refractivity contribution in [1.82, 2.24) is 14.9 Å². The molecular weight excluding hydrogens is 342 g/mol. The molecule has 2 rings (SSSR count). The summed E-state index contributed by atoms with van der Waals surface area (Å²) in [7, 11) is -1.93. The van der Waals surface area contributed by atoms with E-state index in [1.54, 1.807) is 31.3 Å². The van der Waals surface area contributed by atoms with Gasteiger partial charge in [-0.05, 0) is 38.5 Å². The van der Waals surface area contributed by atoms with Crippen molar-refractivity contribution in [3.63, 3.8) is 0 Å². The Morgan fingerprint density at radius 3 is 2.56 bits per heavy atom. The zero-order chi connectivity index (χ0) is 18.6. The topological polar surface area (TPSA) is 87.7 Å². The molecule has 1 amide bonds. The maximum atomic E-state index is 12.4. The second-order valence-corrected chi connectivity index (χ2v) is 8.48. The maximum Gasteiger partial charge on any atom is 0.243 e. The van der Waals surface area contributed by atoms with Crippen molar-refractivity contribution in [3.05, 3.63) is 29.8 Å². The van der Waals surface area contributed by atoms with Crippen LogP contribution in [0.25, 0.3) is 0 Å². The average Bonchev–Trinajstić information content (AvgIpc) is 2.59. The normalized spacial score (nSPS) is 21.5. The lowest BCUT2D eigenvalue weighted by atomic mass is 10.1. The summed E-state index contributed by atoms with van der Waals surface area (Å²) in [6, 6.07) is 6.09. The van der Waals surface area contributed by atoms with Gasteiger partial charge in [-0.2, -0.15) is 4.31 Å². The highest BCUT2D eigenvalue weighted by atomic mass is 32.2. The molecule has 2 N–H and O–H groups in total. The predicted molar refractivity (Wildman–Crippen MR) is 95.6 cm³/mol. The highest BCUT2D eigenvalue weighted by Gasteiger charge is 2.28. The van der Waals surface area contributed by atoms with Crippen LogP contribution in [0.15, 0.2) is 29.2 Å². The van der Waals surface area contributed by atoms with Gasteiger partial charge in [0.25, 0.3) is 0 Å². The van der Waals surface area contributed by atoms with Gasteiger partial charge in [-0.3, -0.25) is 4.79 Å². The molecule has 1 saturated heterocycles. The Labute approximate surface area is 149 Å². The van der Waals surface area contributed by atoms with E-state index in [0.717, 1.165) is 5.56 Å². The Bertz CT molecular complexity index is 688. The van der Waals surface area contributed by atoms with E-state index in [1.165, 1.54) is 4.31 Å². The Hall–Kier alpha value is -1.48. The van der Waals surface area contributed by atoms with Crippen LogP contribution in [0.4, 0.5) is 0 Å². The van der Waals surface area contributed by atoms with Crippen LogP contribution < -0.4 is 10.6 Å². The first kappa shape index (κ1) is 19.8. The zero-order valence-electron chi connectivity index (χ0n) is 15.2. The van der Waals surface area contributed by atoms with Crippen LogP contribution in [0, 0.1) is 0 Å². The van der Waals surface area contributed by atoms with Gasteiger partial charge < -0.3 is 15.4 Å². The lowest BCUT2D eigenvalue weighted by Crippen LogP contribution is -2.55. The Kier molecular flexibility index (Phi) is 6.56. The third-order valence-corrected chi connectivity index (χ3v) is 6.44. The highest BCUT2D eigenvalue weighted by Crippen LogP contribution is 2.17. The number of hydrogen-bond donors (Lipinski definition) is 2. The van der Waals surface area contributed by atoms with Crippen molar-refractivity contribution in [2.45, 2.75) is 50.4 Å². The molecule has 0 aliphatic carbocycles. The molecule has 140 valence electrons. The number of ether oxygens (including phenoxy) is 1. The van der Waals surface area contributed by atoms with E-state index in [1.807, 2.05) is 20.8 Å². The van der Waals surface area contributed by atoms with Crippen LogP contribution in [0.2, 0.25) is 0 Å². The van der Waals surface area contributed by atoms with Crippen LogP contribution in [-0.2, 0) is 26.1 Å². The first-order chi connectivity index (χ1) is 11.7. The van der Waals surface area contributed by atoms with Crippen molar-refractivity contribution in [2.75, 3.05) is 20.2 Å². The van der Waals surface area contributed by atoms with Gasteiger partial charge in [0, 0.05) is 26.2 Å². The molecule has 0 aromatic heterocycles. The molecule has 2 atom stereocenters. The van der Waals surface area contributed by atoms with E-state index in [0.29, 0.717) is 19.7 Å². The Balaban J connectivity index is 1.97. The number of nitrogens with one attached hydrogen (secondary N) is 2. The summed E-state index contributed by atoms with van der Waals surface area (Å²) in [6.45, 7) is 7.10. The smallest absolute Gasteiger partial charge is 0.243 e. The van der Waals surface area contributed by atoms with Gasteiger partial charge in [0.2, 0.25) is 15.9 Å². The predicted octanol–water partition coefficient (Wildman–Crippen LogP) is 0.709. The Morgan fingerprint density at radius 1 is 1.36 bits per heavy atom. The lowest BCUT2D eigenvalue weighted by molar-refractivity contribution is -0.129. The molecule has 1 aromatic rings. The van der Waals surface area contributed by atoms with Crippen LogP contribution >= 0.6 is 0 Å². The molecular formula is C17H27N3O4S. The van der Waals surface area contributed by atoms with Crippen LogP contribution in [0.5, 0.6) is 0 Å². The fourth-order valence-electron chi connectivity index (χ4n) is 2.55. The average molecular weight is 369 g/mol. The lowest BCUT2D eigenvalue weighted by Gasteiger charge is -2.29. The van der Waals surface area contributed by atoms with Gasteiger partial charge in [0.15, 0.2) is 0 Å². The van der Waals surface area contributed by atoms with Crippen molar-refractivity contribution in [1.29, 1.82) is 0 Å². The molecule has 0 bridgehead atoms. The number of benzene rings is 1. The molecule has 7 nitrogen and oxygen atoms in total. The minimum absolute atomic E-state index is 0.115. The van der Waals surface area contributed by atoms with E-state index < -0.39 is 10.0 Å². The number of morpholine rings is 1. The standard InChI is InChI=1S/C17H27N3O4S/c1-12(2)20(4)25(22,23)15-7-5-14(6-8-15)11-19-17(21)16-13(3)24-10-9-18-16/h5-8,12-13,16,18H,9-11H2,1-4H3,(H,19,21)/t13-,16+/m1/s1. The number of sulfonamides is 1. The summed E-state index contributed by atoms with van der Waals surface area (Å²) in [4.78, 5) is 12.5. The zero-order valence-corrected chi connectivity index (χ0v) is 16.0. The molecule has 1 aliphatic heterocycles. The molecule has 0 radical (unpaired) electrons. The second-order valence-electron chi connectivity index (χ2n) is 6.48. The monoisotopic (exact) mass is 369 g/mol. The van der Waals surface area contributed by atoms with Crippen LogP contribution in [0.1, 0.15) is 26.3 Å². The molecule has 1 aliphatic rings. The summed E-state index contributed by atoms with van der Waals surface area (Å²) < 4.78 is 31.7. The van der Waals surface area contributed by atoms with Gasteiger partial charge in [0.05, 0.1) is 17.6 Å². The summed E-state index contributed by atoms with van der Waals surface area (Å²) in [5.41, 5.74) is 0.837. The molecule has 1 aromatic carbocycles. The SMILES string of the molecule is CC(C)N(C)S(=O)(=O)c1ccc(CNC(=O)[C@H]2NCCO[C@@H]2C)cc1. The first-order valence-corrected chi connectivity index (χ1v) is 9.87. The van der Waals surface area contributed by atoms with Gasteiger partial charge in [0.1, 0.15) is 6.04 Å². The molecule has 0 spiro atoms. The fourth-order valence-corrected chi connectivity index (χ4v) is 3.92. The molecule has 0 saturated carbocycles. The molecule has 0 unspecified atom stereocenters. The van der Waals surface area contributed by atoms with Crippen molar-refractivity contribution >= 4 is 15.9 Å². The second kappa shape index (κ2) is 8.27. The summed E-state index contributed by atoms with van der Waals surface area (Å²) >= 11 is 0. The first-order valence-electron chi connectivity index (χ1n) is 8.43. The summed E-state index contributed by atoms with van der Waals surface area (Å²) in [5, 5.41) is 5.99. The van der Waals surface area contributed by atoms with Crippen molar-refractivity contribution in [3.8, 4) is 0 Å². The van der Waals surface area contributed by atoms with Crippen molar-refractivity contribution in [2.24, 2.45) is 0 Å². The number of carbonyl (C=O) groups is 1. The number of rotatable bonds is 6. The quantitative estimate of drug-likeness (QED) is 0.771. The number of amides is 1. The van der Waals surface area contributed by atoms with Gasteiger partial charge in [-0.15, -0.1) is 0 Å². The Morgan fingerprint density at radius 2 is 2.00 bits per heavy atom. The van der Waals surface area contributed by atoms with E-state index in [9.17, 15) is 13.2 Å². The third kappa shape index (κ3) is 4.78. The van der Waals surface area contributed by atoms with E-state index in [4.69, 9.17) is 4.74 Å². The minimum atomic E-state index is -3.49. The van der Waals surface area contributed by atoms with Crippen LogP contribution in [-0.4, -0.2) is 57.0 Å². The molecule has 25 heavy (non-hydrogen) atoms. The maximum absolute atomic E-state index is 12.4. The molecule has 1 fully saturated rings. The fraction of sp³-hybridized carbons (Fsp3) is 0.588. The van der Waals surface area contributed by atoms with Gasteiger partial charge >= 0.3 is 0 Å². The molecule has 1 heterocycles. The number of carbonyl (C=O) groups excluding carboxylic acids is 1. The highest BCUT2D eigenvalue weighted by molar-refractivity contribution is 7.89. The van der Waals surface area contributed by atoms with Gasteiger partial charge in [-0.25, -0.2) is 8.42 Å². The van der Waals surface area contributed by atoms with Gasteiger partial charge in [-0.1, -0.05) is 12.1 Å². The minimum Gasteiger partial charge on any atom is -0.375 e. The summed E-state index contributed by atoms with van der Waals surface area (Å²) in [5.74, 6) is -0.122. The summed E-state index contributed by atoms with van der Waals surface area (Å²) in [6.07, 6.45) is -0.173. The third-order valence-electron chi connectivity index (χ3n) is 4.39. The number of nitrogens with zero attached hydrogens (tertiary/aromatic N) is 1.